The van der Waals surface area contributed by atoms with Crippen LogP contribution in [0.15, 0.2) is 43.0 Å². The van der Waals surface area contributed by atoms with Crippen LogP contribution in [0, 0.1) is 0 Å². The molecule has 0 amide bonds. The maximum Gasteiger partial charge on any atom is 0.245 e. The van der Waals surface area contributed by atoms with E-state index in [1.807, 2.05) is 29.1 Å². The van der Waals surface area contributed by atoms with Crippen molar-refractivity contribution in [2.45, 2.75) is 38.3 Å². The van der Waals surface area contributed by atoms with Crippen LogP contribution in [0.25, 0.3) is 11.2 Å². The Balaban J connectivity index is 1.67. The molecule has 2 heterocycles. The van der Waals surface area contributed by atoms with Gasteiger partial charge < -0.3 is 9.30 Å². The van der Waals surface area contributed by atoms with Gasteiger partial charge in [-0.25, -0.2) is 9.97 Å². The molecule has 3 aromatic rings. The van der Waals surface area contributed by atoms with Gasteiger partial charge in [0.2, 0.25) is 5.88 Å². The van der Waals surface area contributed by atoms with Crippen LogP contribution in [0.3, 0.4) is 0 Å². The Hall–Kier alpha value is -2.43. The molecular formula is C17H18N4O. The van der Waals surface area contributed by atoms with E-state index in [1.165, 1.54) is 12.0 Å². The molecule has 0 unspecified atom stereocenters. The van der Waals surface area contributed by atoms with E-state index in [-0.39, 0.29) is 5.60 Å². The smallest absolute Gasteiger partial charge is 0.245 e. The molecule has 0 atom stereocenters. The monoisotopic (exact) mass is 294 g/mol. The summed E-state index contributed by atoms with van der Waals surface area (Å²) in [5, 5.41) is 0. The van der Waals surface area contributed by atoms with Crippen LogP contribution in [-0.4, -0.2) is 25.1 Å². The lowest BCUT2D eigenvalue weighted by molar-refractivity contribution is 0.00848. The van der Waals surface area contributed by atoms with Crippen molar-refractivity contribution in [2.75, 3.05) is 0 Å². The van der Waals surface area contributed by atoms with Crippen LogP contribution in [0.2, 0.25) is 0 Å². The lowest BCUT2D eigenvalue weighted by Crippen LogP contribution is -2.39. The van der Waals surface area contributed by atoms with Crippen LogP contribution >= 0.6 is 0 Å². The lowest BCUT2D eigenvalue weighted by Gasteiger charge is -2.37. The molecule has 5 nitrogen and oxygen atoms in total. The Kier molecular flexibility index (Phi) is 3.06. The maximum absolute atomic E-state index is 6.09. The van der Waals surface area contributed by atoms with Gasteiger partial charge in [0.1, 0.15) is 11.9 Å². The van der Waals surface area contributed by atoms with Crippen LogP contribution in [-0.2, 0) is 6.54 Å². The molecule has 1 aromatic carbocycles. The zero-order chi connectivity index (χ0) is 15.0. The number of nitrogens with zero attached hydrogens (tertiary/aromatic N) is 4. The molecule has 4 rings (SSSR count). The second-order valence-electron chi connectivity index (χ2n) is 6.11. The van der Waals surface area contributed by atoms with Crippen LogP contribution in [0.5, 0.6) is 5.88 Å². The van der Waals surface area contributed by atoms with Crippen molar-refractivity contribution < 1.29 is 4.74 Å². The summed E-state index contributed by atoms with van der Waals surface area (Å²) in [5.74, 6) is 0.596. The Morgan fingerprint density at radius 1 is 1.14 bits per heavy atom. The molecule has 22 heavy (non-hydrogen) atoms. The second-order valence-corrected chi connectivity index (χ2v) is 6.11. The highest BCUT2D eigenvalue weighted by molar-refractivity contribution is 5.76. The molecule has 1 fully saturated rings. The second kappa shape index (κ2) is 5.09. The molecule has 0 N–H and O–H groups in total. The summed E-state index contributed by atoms with van der Waals surface area (Å²) >= 11 is 0. The van der Waals surface area contributed by atoms with E-state index in [0.717, 1.165) is 30.6 Å². The molecule has 1 aliphatic rings. The third-order valence-electron chi connectivity index (χ3n) is 4.32. The fourth-order valence-corrected chi connectivity index (χ4v) is 2.84. The predicted octanol–water partition coefficient (Wildman–Crippen LogP) is 3.20. The largest absolute Gasteiger partial charge is 0.470 e. The van der Waals surface area contributed by atoms with Gasteiger partial charge in [0, 0.05) is 0 Å². The highest BCUT2D eigenvalue weighted by atomic mass is 16.5. The first-order valence-corrected chi connectivity index (χ1v) is 7.62. The van der Waals surface area contributed by atoms with Gasteiger partial charge in [0.15, 0.2) is 11.2 Å². The Labute approximate surface area is 129 Å². The van der Waals surface area contributed by atoms with Gasteiger partial charge in [-0.15, -0.1) is 0 Å². The SMILES string of the molecule is CC1(Oc2ncnc3c2ncn3Cc2ccccc2)CCC1. The van der Waals surface area contributed by atoms with Gasteiger partial charge in [0.25, 0.3) is 0 Å². The normalized spacial score (nSPS) is 16.4. The zero-order valence-corrected chi connectivity index (χ0v) is 12.6. The van der Waals surface area contributed by atoms with Gasteiger partial charge in [-0.3, -0.25) is 0 Å². The molecule has 2 aromatic heterocycles. The standard InChI is InChI=1S/C17H18N4O/c1-17(8-5-9-17)22-16-14-15(18-11-19-16)21(12-20-14)10-13-6-3-2-4-7-13/h2-4,6-7,11-12H,5,8-10H2,1H3. The fraction of sp³-hybridized carbons (Fsp3) is 0.353. The molecular weight excluding hydrogens is 276 g/mol. The highest BCUT2D eigenvalue weighted by Gasteiger charge is 2.35. The number of fused-ring (bicyclic) bond motifs is 1. The minimum absolute atomic E-state index is 0.0928. The van der Waals surface area contributed by atoms with E-state index in [0.29, 0.717) is 5.88 Å². The van der Waals surface area contributed by atoms with E-state index in [4.69, 9.17) is 4.74 Å². The Morgan fingerprint density at radius 2 is 1.95 bits per heavy atom. The molecule has 5 heteroatoms. The first kappa shape index (κ1) is 13.2. The molecule has 0 spiro atoms. The van der Waals surface area contributed by atoms with Crippen molar-refractivity contribution in [3.63, 3.8) is 0 Å². The number of benzene rings is 1. The maximum atomic E-state index is 6.09. The highest BCUT2D eigenvalue weighted by Crippen LogP contribution is 2.36. The van der Waals surface area contributed by atoms with Crippen molar-refractivity contribution in [1.82, 2.24) is 19.5 Å². The van der Waals surface area contributed by atoms with Gasteiger partial charge in [-0.2, -0.15) is 4.98 Å². The van der Waals surface area contributed by atoms with E-state index in [1.54, 1.807) is 6.33 Å². The minimum atomic E-state index is -0.0928. The number of ether oxygens (including phenoxy) is 1. The van der Waals surface area contributed by atoms with Gasteiger partial charge in [0.05, 0.1) is 12.9 Å². The van der Waals surface area contributed by atoms with Gasteiger partial charge in [-0.05, 0) is 31.7 Å². The Morgan fingerprint density at radius 3 is 2.68 bits per heavy atom. The van der Waals surface area contributed by atoms with E-state index >= 15 is 0 Å². The van der Waals surface area contributed by atoms with E-state index in [9.17, 15) is 0 Å². The first-order valence-electron chi connectivity index (χ1n) is 7.62. The minimum Gasteiger partial charge on any atom is -0.470 e. The number of hydrogen-bond donors (Lipinski definition) is 0. The molecule has 0 saturated heterocycles. The van der Waals surface area contributed by atoms with E-state index in [2.05, 4.69) is 34.0 Å². The van der Waals surface area contributed by atoms with Crippen LogP contribution < -0.4 is 4.74 Å². The van der Waals surface area contributed by atoms with Gasteiger partial charge >= 0.3 is 0 Å². The third kappa shape index (κ3) is 2.32. The number of imidazole rings is 1. The van der Waals surface area contributed by atoms with Crippen LogP contribution in [0.1, 0.15) is 31.7 Å². The molecule has 0 radical (unpaired) electrons. The summed E-state index contributed by atoms with van der Waals surface area (Å²) in [6, 6.07) is 10.3. The van der Waals surface area contributed by atoms with E-state index < -0.39 is 0 Å². The number of rotatable bonds is 4. The summed E-state index contributed by atoms with van der Waals surface area (Å²) in [5.41, 5.74) is 2.68. The van der Waals surface area contributed by atoms with Crippen molar-refractivity contribution in [2.24, 2.45) is 0 Å². The zero-order valence-electron chi connectivity index (χ0n) is 12.6. The summed E-state index contributed by atoms with van der Waals surface area (Å²) in [4.78, 5) is 13.1. The molecule has 0 bridgehead atoms. The van der Waals surface area contributed by atoms with Crippen molar-refractivity contribution >= 4 is 11.2 Å². The number of aromatic nitrogens is 4. The topological polar surface area (TPSA) is 52.8 Å². The first-order chi connectivity index (χ1) is 10.7. The van der Waals surface area contributed by atoms with Gasteiger partial charge in [-0.1, -0.05) is 30.3 Å². The Bertz CT molecular complexity index is 793. The summed E-state index contributed by atoms with van der Waals surface area (Å²) in [6.45, 7) is 2.87. The summed E-state index contributed by atoms with van der Waals surface area (Å²) in [7, 11) is 0. The molecule has 0 aliphatic heterocycles. The molecule has 1 aliphatic carbocycles. The van der Waals surface area contributed by atoms with Crippen molar-refractivity contribution in [3.05, 3.63) is 48.5 Å². The molecule has 112 valence electrons. The van der Waals surface area contributed by atoms with Crippen molar-refractivity contribution in [1.29, 1.82) is 0 Å². The average molecular weight is 294 g/mol. The lowest BCUT2D eigenvalue weighted by atomic mass is 9.82. The fourth-order valence-electron chi connectivity index (χ4n) is 2.84. The average Bonchev–Trinajstić information content (AvgIpc) is 2.91. The van der Waals surface area contributed by atoms with Crippen LogP contribution in [0.4, 0.5) is 0 Å². The third-order valence-corrected chi connectivity index (χ3v) is 4.32. The van der Waals surface area contributed by atoms with Crippen molar-refractivity contribution in [3.8, 4) is 5.88 Å². The molecule has 1 saturated carbocycles. The quantitative estimate of drug-likeness (QED) is 0.741. The predicted molar refractivity (Wildman–Crippen MR) is 83.8 cm³/mol. The summed E-state index contributed by atoms with van der Waals surface area (Å²) < 4.78 is 8.12. The summed E-state index contributed by atoms with van der Waals surface area (Å²) in [6.07, 6.45) is 6.73. The number of hydrogen-bond acceptors (Lipinski definition) is 4.